The number of nitrogens with zero attached hydrogens (tertiary/aromatic N) is 1. The van der Waals surface area contributed by atoms with Crippen LogP contribution in [0.4, 0.5) is 4.39 Å². The lowest BCUT2D eigenvalue weighted by Gasteiger charge is -2.12. The number of carbonyl (C=O) groups is 1. The van der Waals surface area contributed by atoms with Gasteiger partial charge in [0.25, 0.3) is 5.91 Å². The van der Waals surface area contributed by atoms with Crippen molar-refractivity contribution in [3.63, 3.8) is 0 Å². The van der Waals surface area contributed by atoms with Crippen molar-refractivity contribution < 1.29 is 9.18 Å². The third kappa shape index (κ3) is 5.99. The number of benzene rings is 3. The van der Waals surface area contributed by atoms with Crippen molar-refractivity contribution in [3.8, 4) is 6.07 Å². The second-order valence-electron chi connectivity index (χ2n) is 6.57. The molecule has 0 heterocycles. The molecule has 0 aliphatic rings. The van der Waals surface area contributed by atoms with Gasteiger partial charge < -0.3 is 5.32 Å². The Morgan fingerprint density at radius 1 is 0.833 bits per heavy atom. The van der Waals surface area contributed by atoms with E-state index in [1.54, 1.807) is 0 Å². The summed E-state index contributed by atoms with van der Waals surface area (Å²) < 4.78 is 13.8. The fraction of sp³-hybridized carbons (Fsp3) is 0.0833. The predicted molar refractivity (Wildman–Crippen MR) is 121 cm³/mol. The zero-order valence-corrected chi connectivity index (χ0v) is 18.1. The average Bonchev–Trinajstić information content (AvgIpc) is 2.75. The summed E-state index contributed by atoms with van der Waals surface area (Å²) in [5, 5.41) is 12.5. The summed E-state index contributed by atoms with van der Waals surface area (Å²) in [6.07, 6.45) is 0. The second-order valence-corrected chi connectivity index (χ2v) is 8.99. The van der Waals surface area contributed by atoms with Crippen LogP contribution in [0.25, 0.3) is 0 Å². The lowest BCUT2D eigenvalue weighted by atomic mass is 10.2. The van der Waals surface area contributed by atoms with Crippen LogP contribution in [0.3, 0.4) is 0 Å². The number of halogens is 1. The highest BCUT2D eigenvalue weighted by atomic mass is 32.2. The van der Waals surface area contributed by atoms with Crippen molar-refractivity contribution in [1.82, 2.24) is 5.32 Å². The van der Waals surface area contributed by atoms with Gasteiger partial charge in [-0.05, 0) is 62.4 Å². The molecule has 0 saturated heterocycles. The number of thioether (sulfide) groups is 2. The Hall–Kier alpha value is -3.01. The minimum Gasteiger partial charge on any atom is -0.312 e. The van der Waals surface area contributed by atoms with Crippen molar-refractivity contribution in [2.24, 2.45) is 0 Å². The number of allylic oxidation sites excluding steroid dienone is 1. The molecule has 0 unspecified atom stereocenters. The smallest absolute Gasteiger partial charge is 0.256 e. The zero-order chi connectivity index (χ0) is 21.5. The summed E-state index contributed by atoms with van der Waals surface area (Å²) in [7, 11) is 0. The highest BCUT2D eigenvalue weighted by Crippen LogP contribution is 2.40. The molecule has 0 aliphatic carbocycles. The van der Waals surface area contributed by atoms with E-state index in [9.17, 15) is 14.4 Å². The van der Waals surface area contributed by atoms with E-state index in [2.05, 4.69) is 11.4 Å². The second kappa shape index (κ2) is 10.1. The minimum absolute atomic E-state index is 0.153. The summed E-state index contributed by atoms with van der Waals surface area (Å²) in [4.78, 5) is 14.5. The lowest BCUT2D eigenvalue weighted by molar-refractivity contribution is 0.0967. The Morgan fingerprint density at radius 3 is 1.73 bits per heavy atom. The minimum atomic E-state index is -0.460. The molecule has 0 atom stereocenters. The number of aryl methyl sites for hydroxylation is 2. The van der Waals surface area contributed by atoms with E-state index in [1.807, 2.05) is 62.4 Å². The molecule has 0 fully saturated rings. The van der Waals surface area contributed by atoms with Gasteiger partial charge in [0.05, 0.1) is 4.24 Å². The van der Waals surface area contributed by atoms with Gasteiger partial charge in [-0.15, -0.1) is 0 Å². The maximum absolute atomic E-state index is 13.1. The first-order valence-corrected chi connectivity index (χ1v) is 10.8. The molecule has 0 bridgehead atoms. The first kappa shape index (κ1) is 21.7. The Labute approximate surface area is 184 Å². The van der Waals surface area contributed by atoms with Crippen LogP contribution in [0, 0.1) is 31.0 Å². The van der Waals surface area contributed by atoms with Gasteiger partial charge in [-0.25, -0.2) is 4.39 Å². The van der Waals surface area contributed by atoms with Gasteiger partial charge in [0.2, 0.25) is 0 Å². The molecule has 30 heavy (non-hydrogen) atoms. The van der Waals surface area contributed by atoms with Crippen LogP contribution in [0.1, 0.15) is 21.5 Å². The van der Waals surface area contributed by atoms with E-state index >= 15 is 0 Å². The maximum Gasteiger partial charge on any atom is 0.256 e. The van der Waals surface area contributed by atoms with E-state index in [0.717, 1.165) is 20.9 Å². The van der Waals surface area contributed by atoms with Crippen LogP contribution in [-0.4, -0.2) is 5.91 Å². The van der Waals surface area contributed by atoms with Crippen molar-refractivity contribution in [2.75, 3.05) is 0 Å². The molecule has 3 rings (SSSR count). The van der Waals surface area contributed by atoms with E-state index in [-0.39, 0.29) is 11.3 Å². The molecule has 1 amide bonds. The number of hydrogen-bond donors (Lipinski definition) is 1. The molecule has 0 aliphatic heterocycles. The summed E-state index contributed by atoms with van der Waals surface area (Å²) in [6.45, 7) is 4.02. The number of hydrogen-bond acceptors (Lipinski definition) is 4. The summed E-state index contributed by atoms with van der Waals surface area (Å²) in [5.74, 6) is -0.883. The molecule has 0 saturated carbocycles. The van der Waals surface area contributed by atoms with Gasteiger partial charge in [0.1, 0.15) is 17.6 Å². The maximum atomic E-state index is 13.1. The Kier molecular flexibility index (Phi) is 7.34. The molecule has 3 aromatic rings. The Morgan fingerprint density at radius 2 is 1.30 bits per heavy atom. The molecule has 3 nitrogen and oxygen atoms in total. The highest BCUT2D eigenvalue weighted by molar-refractivity contribution is 8.22. The zero-order valence-electron chi connectivity index (χ0n) is 16.5. The van der Waals surface area contributed by atoms with E-state index in [4.69, 9.17) is 0 Å². The molecule has 150 valence electrons. The summed E-state index contributed by atoms with van der Waals surface area (Å²) >= 11 is 2.83. The van der Waals surface area contributed by atoms with Crippen LogP contribution >= 0.6 is 23.5 Å². The molecule has 3 aromatic carbocycles. The van der Waals surface area contributed by atoms with Gasteiger partial charge in [-0.1, -0.05) is 58.9 Å². The van der Waals surface area contributed by atoms with Gasteiger partial charge in [-0.2, -0.15) is 5.26 Å². The van der Waals surface area contributed by atoms with E-state index < -0.39 is 11.7 Å². The van der Waals surface area contributed by atoms with Crippen molar-refractivity contribution in [1.29, 1.82) is 5.26 Å². The van der Waals surface area contributed by atoms with E-state index in [1.165, 1.54) is 47.8 Å². The Balaban J connectivity index is 1.92. The third-order valence-electron chi connectivity index (χ3n) is 4.12. The van der Waals surface area contributed by atoms with Crippen LogP contribution in [-0.2, 0) is 0 Å². The van der Waals surface area contributed by atoms with Crippen molar-refractivity contribution in [2.45, 2.75) is 23.6 Å². The Bertz CT molecular complexity index is 1050. The number of carbonyl (C=O) groups excluding carboxylic acids is 1. The fourth-order valence-electron chi connectivity index (χ4n) is 2.46. The van der Waals surface area contributed by atoms with Gasteiger partial charge in [0.15, 0.2) is 0 Å². The number of nitriles is 1. The van der Waals surface area contributed by atoms with Crippen LogP contribution in [0.5, 0.6) is 0 Å². The van der Waals surface area contributed by atoms with Crippen LogP contribution < -0.4 is 5.32 Å². The molecule has 0 spiro atoms. The number of amides is 1. The molecular formula is C24H19FN2OS2. The van der Waals surface area contributed by atoms with E-state index in [0.29, 0.717) is 4.24 Å². The third-order valence-corrected chi connectivity index (χ3v) is 6.42. The van der Waals surface area contributed by atoms with Gasteiger partial charge in [-0.3, -0.25) is 4.79 Å². The monoisotopic (exact) mass is 434 g/mol. The SMILES string of the molecule is Cc1ccc(SC(Sc2ccc(C)cc2)=C(C#N)NC(=O)c2ccc(F)cc2)cc1. The molecular weight excluding hydrogens is 415 g/mol. The summed E-state index contributed by atoms with van der Waals surface area (Å²) in [5.41, 5.74) is 2.71. The normalized spacial score (nSPS) is 10.2. The van der Waals surface area contributed by atoms with Crippen molar-refractivity contribution >= 4 is 29.4 Å². The first-order valence-electron chi connectivity index (χ1n) is 9.15. The average molecular weight is 435 g/mol. The quantitative estimate of drug-likeness (QED) is 0.358. The van der Waals surface area contributed by atoms with Crippen molar-refractivity contribution in [3.05, 3.63) is 105 Å². The molecule has 1 N–H and O–H groups in total. The molecule has 0 aromatic heterocycles. The van der Waals surface area contributed by atoms with Gasteiger partial charge in [0, 0.05) is 15.4 Å². The molecule has 0 radical (unpaired) electrons. The lowest BCUT2D eigenvalue weighted by Crippen LogP contribution is -2.22. The van der Waals surface area contributed by atoms with Crippen LogP contribution in [0.15, 0.2) is 92.5 Å². The fourth-order valence-corrected chi connectivity index (χ4v) is 4.58. The van der Waals surface area contributed by atoms with Crippen LogP contribution in [0.2, 0.25) is 0 Å². The topological polar surface area (TPSA) is 52.9 Å². The summed E-state index contributed by atoms with van der Waals surface area (Å²) in [6, 6.07) is 23.2. The van der Waals surface area contributed by atoms with Gasteiger partial charge >= 0.3 is 0 Å². The number of rotatable bonds is 6. The first-order chi connectivity index (χ1) is 14.4. The standard InChI is InChI=1S/C24H19FN2OS2/c1-16-3-11-20(12-4-16)29-24(30-21-13-5-17(2)6-14-21)22(15-26)27-23(28)18-7-9-19(25)10-8-18/h3-14H,1-2H3,(H,27,28). The largest absolute Gasteiger partial charge is 0.312 e. The highest BCUT2D eigenvalue weighted by Gasteiger charge is 2.15. The number of nitrogens with one attached hydrogen (secondary N) is 1. The molecule has 6 heteroatoms. The predicted octanol–water partition coefficient (Wildman–Crippen LogP) is 6.45.